The van der Waals surface area contributed by atoms with Crippen molar-refractivity contribution in [3.63, 3.8) is 0 Å². The Morgan fingerprint density at radius 3 is 2.53 bits per heavy atom. The maximum absolute atomic E-state index is 11.6. The van der Waals surface area contributed by atoms with E-state index in [2.05, 4.69) is 6.58 Å². The normalized spacial score (nSPS) is 16.5. The molecule has 1 atom stereocenters. The molecule has 0 saturated carbocycles. The summed E-state index contributed by atoms with van der Waals surface area (Å²) < 4.78 is 10.9. The highest BCUT2D eigenvalue weighted by Crippen LogP contribution is 2.40. The Kier molecular flexibility index (Phi) is 3.42. The summed E-state index contributed by atoms with van der Waals surface area (Å²) in [6, 6.07) is 3.36. The van der Waals surface area contributed by atoms with E-state index in [1.807, 2.05) is 6.92 Å². The summed E-state index contributed by atoms with van der Waals surface area (Å²) in [5.74, 6) is 0.378. The molecular weight excluding hydrogens is 244 g/mol. The number of carbonyl (C=O) groups is 2. The van der Waals surface area contributed by atoms with Crippen LogP contribution >= 0.6 is 0 Å². The highest BCUT2D eigenvalue weighted by Gasteiger charge is 2.29. The van der Waals surface area contributed by atoms with Crippen molar-refractivity contribution >= 4 is 11.8 Å². The zero-order chi connectivity index (χ0) is 14.2. The average molecular weight is 260 g/mol. The van der Waals surface area contributed by atoms with Crippen LogP contribution in [-0.2, 0) is 11.2 Å². The second kappa shape index (κ2) is 4.88. The maximum atomic E-state index is 11.6. The molecule has 0 N–H and O–H groups in total. The molecule has 4 nitrogen and oxygen atoms in total. The van der Waals surface area contributed by atoms with Crippen molar-refractivity contribution in [2.45, 2.75) is 33.3 Å². The van der Waals surface area contributed by atoms with Gasteiger partial charge in [-0.1, -0.05) is 6.58 Å². The molecule has 1 aliphatic rings. The van der Waals surface area contributed by atoms with Gasteiger partial charge in [0.2, 0.25) is 0 Å². The molecule has 0 amide bonds. The summed E-state index contributed by atoms with van der Waals surface area (Å²) in [5.41, 5.74) is 2.06. The summed E-state index contributed by atoms with van der Waals surface area (Å²) >= 11 is 0. The van der Waals surface area contributed by atoms with Gasteiger partial charge in [-0.2, -0.15) is 0 Å². The number of Topliss-reactive ketones (excluding diaryl/α,β-unsaturated/α-hetero) is 1. The second-order valence-electron chi connectivity index (χ2n) is 4.73. The van der Waals surface area contributed by atoms with Crippen LogP contribution in [0, 0.1) is 0 Å². The van der Waals surface area contributed by atoms with E-state index >= 15 is 0 Å². The molecule has 0 unspecified atom stereocenters. The average Bonchev–Trinajstić information content (AvgIpc) is 2.72. The van der Waals surface area contributed by atoms with Crippen molar-refractivity contribution in [1.82, 2.24) is 0 Å². The van der Waals surface area contributed by atoms with E-state index in [4.69, 9.17) is 9.47 Å². The molecule has 4 heteroatoms. The first-order valence-corrected chi connectivity index (χ1v) is 6.07. The molecule has 1 aliphatic heterocycles. The standard InChI is InChI=1S/C15H16O4/c1-8(2)14-7-12-13(19-14)6-5-11(9(3)16)15(12)18-10(4)17/h5-6,14H,1,7H2,2-4H3/t14-/m1/s1. The minimum absolute atomic E-state index is 0.133. The Balaban J connectivity index is 2.50. The monoisotopic (exact) mass is 260 g/mol. The molecular formula is C15H16O4. The molecule has 0 bridgehead atoms. The largest absolute Gasteiger partial charge is 0.485 e. The number of esters is 1. The van der Waals surface area contributed by atoms with Crippen molar-refractivity contribution in [2.75, 3.05) is 0 Å². The Morgan fingerprint density at radius 2 is 2.00 bits per heavy atom. The molecule has 19 heavy (non-hydrogen) atoms. The fourth-order valence-corrected chi connectivity index (χ4v) is 2.11. The SMILES string of the molecule is C=C(C)[C@H]1Cc2c(ccc(C(C)=O)c2OC(C)=O)O1. The summed E-state index contributed by atoms with van der Waals surface area (Å²) in [6.45, 7) is 8.51. The molecule has 0 saturated heterocycles. The number of hydrogen-bond acceptors (Lipinski definition) is 4. The lowest BCUT2D eigenvalue weighted by Crippen LogP contribution is -2.13. The van der Waals surface area contributed by atoms with Crippen LogP contribution in [0.4, 0.5) is 0 Å². The van der Waals surface area contributed by atoms with Gasteiger partial charge in [-0.05, 0) is 31.6 Å². The van der Waals surface area contributed by atoms with E-state index in [1.54, 1.807) is 12.1 Å². The molecule has 1 heterocycles. The summed E-state index contributed by atoms with van der Waals surface area (Å²) in [7, 11) is 0. The van der Waals surface area contributed by atoms with E-state index < -0.39 is 5.97 Å². The third-order valence-corrected chi connectivity index (χ3v) is 3.05. The van der Waals surface area contributed by atoms with Crippen molar-refractivity contribution < 1.29 is 19.1 Å². The molecule has 2 rings (SSSR count). The van der Waals surface area contributed by atoms with Crippen LogP contribution in [0.5, 0.6) is 11.5 Å². The van der Waals surface area contributed by atoms with Crippen LogP contribution in [0.15, 0.2) is 24.3 Å². The van der Waals surface area contributed by atoms with Crippen LogP contribution in [0.2, 0.25) is 0 Å². The first kappa shape index (κ1) is 13.3. The van der Waals surface area contributed by atoms with Gasteiger partial charge >= 0.3 is 5.97 Å². The van der Waals surface area contributed by atoms with Crippen LogP contribution < -0.4 is 9.47 Å². The number of ketones is 1. The number of carbonyl (C=O) groups excluding carboxylic acids is 2. The third kappa shape index (κ3) is 2.52. The zero-order valence-corrected chi connectivity index (χ0v) is 11.3. The molecule has 100 valence electrons. The van der Waals surface area contributed by atoms with E-state index in [9.17, 15) is 9.59 Å². The lowest BCUT2D eigenvalue weighted by Gasteiger charge is -2.10. The fraction of sp³-hybridized carbons (Fsp3) is 0.333. The predicted octanol–water partition coefficient (Wildman–Crippen LogP) is 2.69. The van der Waals surface area contributed by atoms with Gasteiger partial charge in [0.15, 0.2) is 5.78 Å². The van der Waals surface area contributed by atoms with Gasteiger partial charge in [0.25, 0.3) is 0 Å². The van der Waals surface area contributed by atoms with Gasteiger partial charge in [-0.3, -0.25) is 9.59 Å². The number of benzene rings is 1. The van der Waals surface area contributed by atoms with Gasteiger partial charge in [-0.25, -0.2) is 0 Å². The number of hydrogen-bond donors (Lipinski definition) is 0. The Labute approximate surface area is 112 Å². The highest BCUT2D eigenvalue weighted by atomic mass is 16.5. The van der Waals surface area contributed by atoms with Crippen LogP contribution in [-0.4, -0.2) is 17.9 Å². The number of rotatable bonds is 3. The topological polar surface area (TPSA) is 52.6 Å². The van der Waals surface area contributed by atoms with Gasteiger partial charge < -0.3 is 9.47 Å². The fourth-order valence-electron chi connectivity index (χ4n) is 2.11. The lowest BCUT2D eigenvalue weighted by molar-refractivity contribution is -0.131. The van der Waals surface area contributed by atoms with E-state index in [1.165, 1.54) is 13.8 Å². The Morgan fingerprint density at radius 1 is 1.32 bits per heavy atom. The van der Waals surface area contributed by atoms with Crippen molar-refractivity contribution in [1.29, 1.82) is 0 Å². The van der Waals surface area contributed by atoms with Gasteiger partial charge in [-0.15, -0.1) is 0 Å². The quantitative estimate of drug-likeness (QED) is 0.363. The first-order valence-electron chi connectivity index (χ1n) is 6.07. The van der Waals surface area contributed by atoms with Gasteiger partial charge in [0, 0.05) is 18.9 Å². The van der Waals surface area contributed by atoms with Crippen LogP contribution in [0.3, 0.4) is 0 Å². The molecule has 1 aromatic carbocycles. The molecule has 0 aliphatic carbocycles. The Bertz CT molecular complexity index is 572. The van der Waals surface area contributed by atoms with Crippen molar-refractivity contribution in [2.24, 2.45) is 0 Å². The molecule has 0 radical (unpaired) electrons. The van der Waals surface area contributed by atoms with Gasteiger partial charge in [0.1, 0.15) is 17.6 Å². The molecule has 1 aromatic rings. The van der Waals surface area contributed by atoms with E-state index in [-0.39, 0.29) is 11.9 Å². The number of ether oxygens (including phenoxy) is 2. The maximum Gasteiger partial charge on any atom is 0.308 e. The summed E-state index contributed by atoms with van der Waals surface area (Å²) in [6.07, 6.45) is 0.431. The van der Waals surface area contributed by atoms with Crippen LogP contribution in [0.25, 0.3) is 0 Å². The molecule has 0 aromatic heterocycles. The van der Waals surface area contributed by atoms with Crippen molar-refractivity contribution in [3.05, 3.63) is 35.4 Å². The minimum atomic E-state index is -0.449. The third-order valence-electron chi connectivity index (χ3n) is 3.05. The highest BCUT2D eigenvalue weighted by molar-refractivity contribution is 5.98. The predicted molar refractivity (Wildman–Crippen MR) is 70.7 cm³/mol. The first-order chi connectivity index (χ1) is 8.90. The summed E-state index contributed by atoms with van der Waals surface area (Å²) in [4.78, 5) is 22.8. The number of fused-ring (bicyclic) bond motifs is 1. The second-order valence-corrected chi connectivity index (χ2v) is 4.73. The zero-order valence-electron chi connectivity index (χ0n) is 11.3. The minimum Gasteiger partial charge on any atom is -0.485 e. The molecule has 0 fully saturated rings. The summed E-state index contributed by atoms with van der Waals surface area (Å²) in [5, 5.41) is 0. The smallest absolute Gasteiger partial charge is 0.308 e. The van der Waals surface area contributed by atoms with Crippen molar-refractivity contribution in [3.8, 4) is 11.5 Å². The molecule has 0 spiro atoms. The van der Waals surface area contributed by atoms with Gasteiger partial charge in [0.05, 0.1) is 5.56 Å². The Hall–Kier alpha value is -2.10. The van der Waals surface area contributed by atoms with Crippen LogP contribution in [0.1, 0.15) is 36.7 Å². The van der Waals surface area contributed by atoms with E-state index in [0.29, 0.717) is 23.5 Å². The van der Waals surface area contributed by atoms with E-state index in [0.717, 1.165) is 11.1 Å². The lowest BCUT2D eigenvalue weighted by atomic mass is 10.0.